The molecule has 0 radical (unpaired) electrons. The van der Waals surface area contributed by atoms with Gasteiger partial charge in [-0.1, -0.05) is 17.8 Å². The molecule has 6 nitrogen and oxygen atoms in total. The van der Waals surface area contributed by atoms with Gasteiger partial charge in [-0.25, -0.2) is 5.43 Å². The molecule has 2 aliphatic rings. The molecule has 1 amide bonds. The number of hydrazone groups is 1. The summed E-state index contributed by atoms with van der Waals surface area (Å²) in [6, 6.07) is 14.6. The van der Waals surface area contributed by atoms with Crippen molar-refractivity contribution in [3.8, 4) is 5.75 Å². The molecule has 162 valence electrons. The van der Waals surface area contributed by atoms with E-state index in [1.807, 2.05) is 26.0 Å². The van der Waals surface area contributed by atoms with Crippen LogP contribution in [0.5, 0.6) is 5.75 Å². The van der Waals surface area contributed by atoms with Crippen LogP contribution in [-0.4, -0.2) is 41.7 Å². The monoisotopic (exact) mass is 436 g/mol. The molecule has 0 unspecified atom stereocenters. The van der Waals surface area contributed by atoms with Crippen LogP contribution in [0.4, 0.5) is 10.5 Å². The minimum absolute atomic E-state index is 0.113. The molecular formula is C24H28N4O2S. The summed E-state index contributed by atoms with van der Waals surface area (Å²) in [6.45, 7) is 7.78. The van der Waals surface area contributed by atoms with Gasteiger partial charge in [0.25, 0.3) is 5.24 Å². The number of benzene rings is 2. The highest BCUT2D eigenvalue weighted by molar-refractivity contribution is 8.15. The highest BCUT2D eigenvalue weighted by Crippen LogP contribution is 2.35. The summed E-state index contributed by atoms with van der Waals surface area (Å²) in [5.41, 5.74) is 8.11. The third kappa shape index (κ3) is 4.32. The number of rotatable bonds is 4. The van der Waals surface area contributed by atoms with Crippen LogP contribution in [0.15, 0.2) is 52.6 Å². The lowest BCUT2D eigenvalue weighted by Gasteiger charge is -2.34. The lowest BCUT2D eigenvalue weighted by molar-refractivity contribution is 0.260. The predicted molar refractivity (Wildman–Crippen MR) is 129 cm³/mol. The van der Waals surface area contributed by atoms with Gasteiger partial charge < -0.3 is 9.64 Å². The molecule has 0 atom stereocenters. The smallest absolute Gasteiger partial charge is 0.300 e. The standard InChI is InChI=1S/C24H28N4O2S/c1-5-25-22(16-8-11-19(30-4)12-9-16)28-14-6-7-17-15-18(10-13-20(17)28)21-24(2,3)31-23(29)27-26-21/h8-13,15H,5-7,14H2,1-4H3,(H,27,29). The Balaban J connectivity index is 1.70. The summed E-state index contributed by atoms with van der Waals surface area (Å²) in [7, 11) is 1.68. The lowest BCUT2D eigenvalue weighted by atomic mass is 9.93. The maximum Gasteiger partial charge on any atom is 0.300 e. The molecule has 2 aromatic carbocycles. The summed E-state index contributed by atoms with van der Waals surface area (Å²) in [5.74, 6) is 1.82. The third-order valence-electron chi connectivity index (χ3n) is 5.56. The number of ether oxygens (including phenoxy) is 1. The van der Waals surface area contributed by atoms with Gasteiger partial charge in [-0.05, 0) is 81.1 Å². The third-order valence-corrected chi connectivity index (χ3v) is 6.54. The second-order valence-electron chi connectivity index (χ2n) is 8.10. The molecule has 2 heterocycles. The molecule has 0 aliphatic carbocycles. The number of amides is 1. The van der Waals surface area contributed by atoms with Gasteiger partial charge in [0.05, 0.1) is 17.6 Å². The SMILES string of the molecule is CCN=C(c1ccc(OC)cc1)N1CCCc2cc(C3=NNC(=O)SC3(C)C)ccc21. The fourth-order valence-corrected chi connectivity index (χ4v) is 4.95. The predicted octanol–water partition coefficient (Wildman–Crippen LogP) is 4.85. The summed E-state index contributed by atoms with van der Waals surface area (Å²) in [5, 5.41) is 4.26. The molecule has 1 N–H and O–H groups in total. The van der Waals surface area contributed by atoms with Gasteiger partial charge in [-0.3, -0.25) is 9.79 Å². The summed E-state index contributed by atoms with van der Waals surface area (Å²) >= 11 is 1.28. The zero-order chi connectivity index (χ0) is 22.0. The number of nitrogens with zero attached hydrogens (tertiary/aromatic N) is 3. The van der Waals surface area contributed by atoms with Crippen molar-refractivity contribution in [2.45, 2.75) is 38.4 Å². The van der Waals surface area contributed by atoms with Crippen LogP contribution in [0.25, 0.3) is 0 Å². The summed E-state index contributed by atoms with van der Waals surface area (Å²) in [4.78, 5) is 18.9. The van der Waals surface area contributed by atoms with Crippen LogP contribution in [0.3, 0.4) is 0 Å². The molecule has 31 heavy (non-hydrogen) atoms. The minimum atomic E-state index is -0.372. The van der Waals surface area contributed by atoms with Crippen LogP contribution in [0.2, 0.25) is 0 Å². The highest BCUT2D eigenvalue weighted by Gasteiger charge is 2.34. The second kappa shape index (κ2) is 8.75. The van der Waals surface area contributed by atoms with Crippen molar-refractivity contribution in [3.63, 3.8) is 0 Å². The van der Waals surface area contributed by atoms with Crippen LogP contribution in [-0.2, 0) is 6.42 Å². The van der Waals surface area contributed by atoms with E-state index in [9.17, 15) is 4.79 Å². The molecule has 0 fully saturated rings. The molecule has 0 spiro atoms. The zero-order valence-electron chi connectivity index (χ0n) is 18.4. The summed E-state index contributed by atoms with van der Waals surface area (Å²) in [6.07, 6.45) is 2.06. The van der Waals surface area contributed by atoms with Crippen molar-refractivity contribution in [2.75, 3.05) is 25.1 Å². The number of carbonyl (C=O) groups is 1. The lowest BCUT2D eigenvalue weighted by Crippen LogP contribution is -2.39. The fourth-order valence-electron chi connectivity index (χ4n) is 4.14. The Labute approximate surface area is 187 Å². The number of fused-ring (bicyclic) bond motifs is 1. The van der Waals surface area contributed by atoms with E-state index in [-0.39, 0.29) is 9.99 Å². The number of amidine groups is 1. The first kappa shape index (κ1) is 21.4. The van der Waals surface area contributed by atoms with Crippen molar-refractivity contribution < 1.29 is 9.53 Å². The van der Waals surface area contributed by atoms with E-state index in [0.717, 1.165) is 47.8 Å². The number of methoxy groups -OCH3 is 1. The molecule has 0 saturated heterocycles. The van der Waals surface area contributed by atoms with Crippen molar-refractivity contribution in [3.05, 3.63) is 59.2 Å². The molecular weight excluding hydrogens is 408 g/mol. The number of anilines is 1. The average Bonchev–Trinajstić information content (AvgIpc) is 2.76. The Kier molecular flexibility index (Phi) is 6.05. The molecule has 0 saturated carbocycles. The first-order valence-corrected chi connectivity index (χ1v) is 11.4. The van der Waals surface area contributed by atoms with E-state index in [1.54, 1.807) is 7.11 Å². The van der Waals surface area contributed by atoms with Crippen molar-refractivity contribution >= 4 is 34.2 Å². The number of thioether (sulfide) groups is 1. The number of hydrogen-bond acceptors (Lipinski definition) is 5. The van der Waals surface area contributed by atoms with Crippen molar-refractivity contribution in [2.24, 2.45) is 10.1 Å². The van der Waals surface area contributed by atoms with Gasteiger partial charge in [-0.15, -0.1) is 0 Å². The Morgan fingerprint density at radius 1 is 1.26 bits per heavy atom. The maximum absolute atomic E-state index is 11.8. The van der Waals surface area contributed by atoms with Crippen LogP contribution in [0.1, 0.15) is 43.9 Å². The van der Waals surface area contributed by atoms with Gasteiger partial charge in [0.1, 0.15) is 11.6 Å². The van der Waals surface area contributed by atoms with Crippen LogP contribution in [0, 0.1) is 0 Å². The maximum atomic E-state index is 11.8. The highest BCUT2D eigenvalue weighted by atomic mass is 32.2. The number of aryl methyl sites for hydroxylation is 1. The Hall–Kier alpha value is -2.80. The normalized spacial score (nSPS) is 18.2. The number of nitrogens with one attached hydrogen (secondary N) is 1. The molecule has 4 rings (SSSR count). The minimum Gasteiger partial charge on any atom is -0.497 e. The summed E-state index contributed by atoms with van der Waals surface area (Å²) < 4.78 is 4.94. The van der Waals surface area contributed by atoms with Gasteiger partial charge in [0, 0.05) is 24.3 Å². The topological polar surface area (TPSA) is 66.3 Å². The van der Waals surface area contributed by atoms with E-state index < -0.39 is 0 Å². The molecule has 2 aliphatic heterocycles. The van der Waals surface area contributed by atoms with Gasteiger partial charge >= 0.3 is 0 Å². The van der Waals surface area contributed by atoms with Crippen LogP contribution < -0.4 is 15.1 Å². The Morgan fingerprint density at radius 2 is 2.03 bits per heavy atom. The first-order valence-electron chi connectivity index (χ1n) is 10.6. The number of hydrogen-bond donors (Lipinski definition) is 1. The van der Waals surface area contributed by atoms with Crippen molar-refractivity contribution in [1.82, 2.24) is 5.43 Å². The van der Waals surface area contributed by atoms with E-state index >= 15 is 0 Å². The largest absolute Gasteiger partial charge is 0.497 e. The van der Waals surface area contributed by atoms with E-state index in [4.69, 9.17) is 9.73 Å². The Bertz CT molecular complexity index is 1040. The number of carbonyl (C=O) groups excluding carboxylic acids is 1. The van der Waals surface area contributed by atoms with E-state index in [0.29, 0.717) is 6.54 Å². The molecule has 7 heteroatoms. The first-order chi connectivity index (χ1) is 14.9. The molecule has 0 bridgehead atoms. The van der Waals surface area contributed by atoms with Gasteiger partial charge in [-0.2, -0.15) is 5.10 Å². The quantitative estimate of drug-likeness (QED) is 0.549. The Morgan fingerprint density at radius 3 is 2.71 bits per heavy atom. The zero-order valence-corrected chi connectivity index (χ0v) is 19.3. The molecule has 2 aromatic rings. The fraction of sp³-hybridized carbons (Fsp3) is 0.375. The van der Waals surface area contributed by atoms with Gasteiger partial charge in [0.15, 0.2) is 0 Å². The van der Waals surface area contributed by atoms with E-state index in [1.165, 1.54) is 23.0 Å². The number of aliphatic imine (C=N–C) groups is 1. The average molecular weight is 437 g/mol. The van der Waals surface area contributed by atoms with Gasteiger partial charge in [0.2, 0.25) is 0 Å². The van der Waals surface area contributed by atoms with Crippen molar-refractivity contribution in [1.29, 1.82) is 0 Å². The van der Waals surface area contributed by atoms with Crippen LogP contribution >= 0.6 is 11.8 Å². The van der Waals surface area contributed by atoms with E-state index in [2.05, 4.69) is 52.7 Å². The second-order valence-corrected chi connectivity index (χ2v) is 9.69. The molecule has 0 aromatic heterocycles.